The topological polar surface area (TPSA) is 77.1 Å². The molecule has 1 atom stereocenters. The zero-order chi connectivity index (χ0) is 21.3. The Hall–Kier alpha value is -3.31. The average molecular weight is 406 g/mol. The van der Waals surface area contributed by atoms with Crippen LogP contribution in [0.1, 0.15) is 25.5 Å². The molecule has 0 aliphatic carbocycles. The van der Waals surface area contributed by atoms with Gasteiger partial charge in [0.1, 0.15) is 0 Å². The summed E-state index contributed by atoms with van der Waals surface area (Å²) in [6.07, 6.45) is 0. The lowest BCUT2D eigenvalue weighted by Gasteiger charge is -2.28. The van der Waals surface area contributed by atoms with Crippen molar-refractivity contribution < 1.29 is 0 Å². The molecule has 1 aromatic carbocycles. The minimum atomic E-state index is -0.398. The predicted molar refractivity (Wildman–Crippen MR) is 118 cm³/mol. The highest BCUT2D eigenvalue weighted by Crippen LogP contribution is 2.21. The summed E-state index contributed by atoms with van der Waals surface area (Å²) < 4.78 is 4.64. The van der Waals surface area contributed by atoms with Gasteiger partial charge in [0.05, 0.1) is 12.6 Å². The highest BCUT2D eigenvalue weighted by Gasteiger charge is 2.25. The maximum Gasteiger partial charge on any atom is 0.333 e. The van der Waals surface area contributed by atoms with E-state index in [1.165, 1.54) is 9.13 Å². The normalized spacial score (nSPS) is 15.1. The van der Waals surface area contributed by atoms with E-state index in [1.807, 2.05) is 41.8 Å². The number of aromatic nitrogens is 4. The number of nitrogens with zero attached hydrogens (tertiary/aromatic N) is 5. The second-order valence-corrected chi connectivity index (χ2v) is 7.44. The zero-order valence-electron chi connectivity index (χ0n) is 17.6. The number of fused-ring (bicyclic) bond motifs is 1. The summed E-state index contributed by atoms with van der Waals surface area (Å²) in [5.74, 6) is 6.65. The van der Waals surface area contributed by atoms with Crippen LogP contribution >= 0.6 is 0 Å². The summed E-state index contributed by atoms with van der Waals surface area (Å²) in [6.45, 7) is 7.24. The molecular weight excluding hydrogens is 380 g/mol. The van der Waals surface area contributed by atoms with Crippen LogP contribution in [0, 0.1) is 11.8 Å². The number of piperazine rings is 1. The van der Waals surface area contributed by atoms with Crippen LogP contribution in [0.5, 0.6) is 0 Å². The summed E-state index contributed by atoms with van der Waals surface area (Å²) in [7, 11) is 1.67. The molecule has 2 aromatic heterocycles. The van der Waals surface area contributed by atoms with Crippen molar-refractivity contribution in [2.75, 3.05) is 31.1 Å². The Morgan fingerprint density at radius 3 is 2.53 bits per heavy atom. The molecule has 8 heteroatoms. The van der Waals surface area contributed by atoms with Crippen LogP contribution in [-0.2, 0) is 13.6 Å². The Bertz CT molecular complexity index is 1240. The SMILES string of the molecule is CC#CCn1c(N2CCNCC2)nc2c1c(=O)n(C(C)c1ccccc1)c(=O)n2C. The summed E-state index contributed by atoms with van der Waals surface area (Å²) in [6, 6.07) is 9.18. The first-order valence-electron chi connectivity index (χ1n) is 10.2. The van der Waals surface area contributed by atoms with E-state index >= 15 is 0 Å². The van der Waals surface area contributed by atoms with Gasteiger partial charge in [-0.15, -0.1) is 5.92 Å². The van der Waals surface area contributed by atoms with Gasteiger partial charge in [0.15, 0.2) is 11.2 Å². The predicted octanol–water partition coefficient (Wildman–Crippen LogP) is 0.939. The molecule has 1 unspecified atom stereocenters. The van der Waals surface area contributed by atoms with E-state index in [4.69, 9.17) is 4.98 Å². The lowest BCUT2D eigenvalue weighted by molar-refractivity contribution is 0.557. The van der Waals surface area contributed by atoms with E-state index in [-0.39, 0.29) is 11.2 Å². The van der Waals surface area contributed by atoms with Gasteiger partial charge in [-0.25, -0.2) is 4.79 Å². The maximum atomic E-state index is 13.6. The molecule has 0 bridgehead atoms. The van der Waals surface area contributed by atoms with Crippen molar-refractivity contribution in [3.05, 3.63) is 56.7 Å². The molecule has 3 aromatic rings. The van der Waals surface area contributed by atoms with Gasteiger partial charge in [-0.1, -0.05) is 36.3 Å². The van der Waals surface area contributed by atoms with Gasteiger partial charge in [-0.05, 0) is 19.4 Å². The second kappa shape index (κ2) is 8.20. The molecule has 156 valence electrons. The molecular formula is C22H26N6O2. The van der Waals surface area contributed by atoms with E-state index < -0.39 is 6.04 Å². The summed E-state index contributed by atoms with van der Waals surface area (Å²) in [5.41, 5.74) is 1.00. The van der Waals surface area contributed by atoms with Gasteiger partial charge in [0, 0.05) is 33.2 Å². The van der Waals surface area contributed by atoms with Crippen molar-refractivity contribution in [2.24, 2.45) is 7.05 Å². The first-order valence-corrected chi connectivity index (χ1v) is 10.2. The second-order valence-electron chi connectivity index (χ2n) is 7.44. The van der Waals surface area contributed by atoms with Crippen molar-refractivity contribution in [3.63, 3.8) is 0 Å². The van der Waals surface area contributed by atoms with Crippen molar-refractivity contribution in [2.45, 2.75) is 26.4 Å². The number of anilines is 1. The fourth-order valence-electron chi connectivity index (χ4n) is 3.96. The summed E-state index contributed by atoms with van der Waals surface area (Å²) in [4.78, 5) is 33.6. The first kappa shape index (κ1) is 20.0. The molecule has 1 saturated heterocycles. The number of nitrogens with one attached hydrogen (secondary N) is 1. The van der Waals surface area contributed by atoms with E-state index in [1.54, 1.807) is 14.0 Å². The zero-order valence-corrected chi connectivity index (χ0v) is 17.6. The lowest BCUT2D eigenvalue weighted by atomic mass is 10.1. The van der Waals surface area contributed by atoms with Crippen LogP contribution in [0.2, 0.25) is 0 Å². The minimum Gasteiger partial charge on any atom is -0.340 e. The molecule has 4 rings (SSSR count). The monoisotopic (exact) mass is 406 g/mol. The largest absolute Gasteiger partial charge is 0.340 e. The molecule has 1 fully saturated rings. The third-order valence-electron chi connectivity index (χ3n) is 5.64. The Morgan fingerprint density at radius 1 is 1.17 bits per heavy atom. The molecule has 30 heavy (non-hydrogen) atoms. The first-order chi connectivity index (χ1) is 14.5. The number of hydrogen-bond acceptors (Lipinski definition) is 5. The van der Waals surface area contributed by atoms with E-state index in [2.05, 4.69) is 22.1 Å². The molecule has 0 amide bonds. The lowest BCUT2D eigenvalue weighted by Crippen LogP contribution is -2.44. The fourth-order valence-corrected chi connectivity index (χ4v) is 3.96. The van der Waals surface area contributed by atoms with Crippen molar-refractivity contribution in [1.29, 1.82) is 0 Å². The van der Waals surface area contributed by atoms with E-state index in [0.29, 0.717) is 23.7 Å². The van der Waals surface area contributed by atoms with E-state index in [0.717, 1.165) is 31.7 Å². The van der Waals surface area contributed by atoms with Crippen LogP contribution in [0.25, 0.3) is 11.2 Å². The molecule has 0 radical (unpaired) electrons. The smallest absolute Gasteiger partial charge is 0.333 e. The quantitative estimate of drug-likeness (QED) is 0.653. The highest BCUT2D eigenvalue weighted by molar-refractivity contribution is 5.75. The van der Waals surface area contributed by atoms with Gasteiger partial charge in [0.2, 0.25) is 5.95 Å². The van der Waals surface area contributed by atoms with Gasteiger partial charge < -0.3 is 10.2 Å². The number of aryl methyl sites for hydroxylation is 1. The average Bonchev–Trinajstić information content (AvgIpc) is 3.17. The van der Waals surface area contributed by atoms with Gasteiger partial charge in [-0.3, -0.25) is 18.5 Å². The van der Waals surface area contributed by atoms with Crippen LogP contribution < -0.4 is 21.5 Å². The number of rotatable bonds is 4. The van der Waals surface area contributed by atoms with Crippen LogP contribution in [0.3, 0.4) is 0 Å². The van der Waals surface area contributed by atoms with E-state index in [9.17, 15) is 9.59 Å². The maximum absolute atomic E-state index is 13.6. The highest BCUT2D eigenvalue weighted by atomic mass is 16.2. The fraction of sp³-hybridized carbons (Fsp3) is 0.409. The Labute approximate surface area is 174 Å². The molecule has 0 spiro atoms. The molecule has 1 aliphatic heterocycles. The summed E-state index contributed by atoms with van der Waals surface area (Å²) in [5, 5.41) is 3.33. The van der Waals surface area contributed by atoms with Crippen molar-refractivity contribution in [1.82, 2.24) is 24.0 Å². The number of imidazole rings is 1. The van der Waals surface area contributed by atoms with Gasteiger partial charge in [0.25, 0.3) is 5.56 Å². The minimum absolute atomic E-state index is 0.337. The summed E-state index contributed by atoms with van der Waals surface area (Å²) >= 11 is 0. The number of benzene rings is 1. The standard InChI is InChI=1S/C22H26N6O2/c1-4-5-13-27-18-19(24-21(27)26-14-11-23-12-15-26)25(3)22(30)28(20(18)29)16(2)17-9-7-6-8-10-17/h6-10,16,23H,11-15H2,1-3H3. The Morgan fingerprint density at radius 2 is 1.87 bits per heavy atom. The molecule has 0 saturated carbocycles. The third-order valence-corrected chi connectivity index (χ3v) is 5.64. The van der Waals surface area contributed by atoms with Gasteiger partial charge in [-0.2, -0.15) is 4.98 Å². The number of hydrogen-bond donors (Lipinski definition) is 1. The molecule has 8 nitrogen and oxygen atoms in total. The van der Waals surface area contributed by atoms with Crippen molar-refractivity contribution >= 4 is 17.1 Å². The van der Waals surface area contributed by atoms with Crippen LogP contribution in [0.4, 0.5) is 5.95 Å². The Balaban J connectivity index is 1.99. The van der Waals surface area contributed by atoms with Gasteiger partial charge >= 0.3 is 5.69 Å². The third kappa shape index (κ3) is 3.31. The van der Waals surface area contributed by atoms with Crippen LogP contribution in [-0.4, -0.2) is 44.9 Å². The Kier molecular flexibility index (Phi) is 5.46. The molecule has 1 N–H and O–H groups in total. The van der Waals surface area contributed by atoms with Crippen LogP contribution in [0.15, 0.2) is 39.9 Å². The molecule has 3 heterocycles. The van der Waals surface area contributed by atoms with Crippen molar-refractivity contribution in [3.8, 4) is 11.8 Å². The molecule has 1 aliphatic rings.